The summed E-state index contributed by atoms with van der Waals surface area (Å²) in [7, 11) is 3.40. The lowest BCUT2D eigenvalue weighted by atomic mass is 9.96. The van der Waals surface area contributed by atoms with E-state index in [1.807, 2.05) is 0 Å². The van der Waals surface area contributed by atoms with E-state index in [0.29, 0.717) is 19.6 Å². The fourth-order valence-corrected chi connectivity index (χ4v) is 3.03. The van der Waals surface area contributed by atoms with Gasteiger partial charge in [0.15, 0.2) is 0 Å². The molecule has 3 amide bonds. The highest BCUT2D eigenvalue weighted by Gasteiger charge is 2.31. The number of benzene rings is 1. The van der Waals surface area contributed by atoms with Crippen LogP contribution in [0.5, 0.6) is 0 Å². The number of rotatable bonds is 4. The first-order valence-electron chi connectivity index (χ1n) is 8.35. The van der Waals surface area contributed by atoms with Crippen LogP contribution in [0.4, 0.5) is 9.18 Å². The van der Waals surface area contributed by atoms with Crippen molar-refractivity contribution in [2.45, 2.75) is 19.4 Å². The largest absolute Gasteiger partial charge is 0.331 e. The van der Waals surface area contributed by atoms with Crippen molar-refractivity contribution in [3.8, 4) is 12.3 Å². The highest BCUT2D eigenvalue weighted by molar-refractivity contribution is 5.81. The summed E-state index contributed by atoms with van der Waals surface area (Å²) in [4.78, 5) is 29.9. The molecule has 6 heteroatoms. The van der Waals surface area contributed by atoms with Crippen molar-refractivity contribution in [2.24, 2.45) is 5.92 Å². The molecule has 0 radical (unpaired) electrons. The van der Waals surface area contributed by atoms with E-state index in [2.05, 4.69) is 5.92 Å². The van der Waals surface area contributed by atoms with Gasteiger partial charge in [-0.05, 0) is 30.5 Å². The van der Waals surface area contributed by atoms with Gasteiger partial charge in [-0.2, -0.15) is 0 Å². The third-order valence-corrected chi connectivity index (χ3v) is 4.30. The van der Waals surface area contributed by atoms with Gasteiger partial charge in [-0.1, -0.05) is 18.1 Å². The number of piperidine rings is 1. The number of nitrogens with zero attached hydrogens (tertiary/aromatic N) is 3. The highest BCUT2D eigenvalue weighted by Crippen LogP contribution is 2.21. The van der Waals surface area contributed by atoms with Crippen molar-refractivity contribution in [1.82, 2.24) is 14.7 Å². The molecule has 2 rings (SSSR count). The molecule has 1 aliphatic rings. The first-order valence-corrected chi connectivity index (χ1v) is 8.35. The van der Waals surface area contributed by atoms with Crippen molar-refractivity contribution < 1.29 is 14.0 Å². The van der Waals surface area contributed by atoms with Crippen LogP contribution in [0, 0.1) is 24.1 Å². The Morgan fingerprint density at radius 1 is 1.32 bits per heavy atom. The summed E-state index contributed by atoms with van der Waals surface area (Å²) >= 11 is 0. The lowest BCUT2D eigenvalue weighted by molar-refractivity contribution is -0.136. The number of terminal acetylenes is 1. The van der Waals surface area contributed by atoms with Gasteiger partial charge in [0.25, 0.3) is 0 Å². The predicted octanol–water partition coefficient (Wildman–Crippen LogP) is 2.18. The molecule has 1 aromatic carbocycles. The van der Waals surface area contributed by atoms with Crippen LogP contribution in [-0.4, -0.2) is 60.4 Å². The molecule has 1 saturated heterocycles. The Balaban J connectivity index is 2.07. The Labute approximate surface area is 148 Å². The van der Waals surface area contributed by atoms with Crippen LogP contribution >= 0.6 is 0 Å². The Bertz CT molecular complexity index is 652. The first kappa shape index (κ1) is 18.8. The lowest BCUT2D eigenvalue weighted by Crippen LogP contribution is -2.49. The van der Waals surface area contributed by atoms with Crippen LogP contribution in [0.2, 0.25) is 0 Å². The second kappa shape index (κ2) is 8.52. The van der Waals surface area contributed by atoms with E-state index in [1.54, 1.807) is 36.0 Å². The quantitative estimate of drug-likeness (QED) is 0.785. The molecule has 0 aliphatic carbocycles. The molecule has 0 N–H and O–H groups in total. The van der Waals surface area contributed by atoms with Gasteiger partial charge in [-0.15, -0.1) is 6.42 Å². The molecule has 1 aromatic rings. The van der Waals surface area contributed by atoms with E-state index in [9.17, 15) is 14.0 Å². The van der Waals surface area contributed by atoms with Gasteiger partial charge in [-0.25, -0.2) is 9.18 Å². The average Bonchev–Trinajstić information content (AvgIpc) is 2.62. The molecular weight excluding hydrogens is 321 g/mol. The third-order valence-electron chi connectivity index (χ3n) is 4.30. The van der Waals surface area contributed by atoms with Gasteiger partial charge >= 0.3 is 6.03 Å². The number of amides is 3. The van der Waals surface area contributed by atoms with Crippen LogP contribution in [0.3, 0.4) is 0 Å². The Hall–Kier alpha value is -2.55. The zero-order valence-corrected chi connectivity index (χ0v) is 14.7. The van der Waals surface area contributed by atoms with Gasteiger partial charge in [0.05, 0.1) is 12.5 Å². The van der Waals surface area contributed by atoms with E-state index in [0.717, 1.165) is 18.4 Å². The number of carbonyl (C=O) groups is 2. The molecule has 1 fully saturated rings. The Kier molecular flexibility index (Phi) is 6.40. The van der Waals surface area contributed by atoms with Crippen LogP contribution < -0.4 is 0 Å². The zero-order valence-electron chi connectivity index (χ0n) is 14.7. The molecule has 134 valence electrons. The van der Waals surface area contributed by atoms with Gasteiger partial charge in [0.1, 0.15) is 5.82 Å². The number of hydrogen-bond donors (Lipinski definition) is 0. The first-order chi connectivity index (χ1) is 11.9. The molecule has 1 atom stereocenters. The second-order valence-corrected chi connectivity index (χ2v) is 6.49. The van der Waals surface area contributed by atoms with E-state index in [4.69, 9.17) is 6.42 Å². The van der Waals surface area contributed by atoms with Crippen molar-refractivity contribution in [2.75, 3.05) is 33.7 Å². The molecule has 0 spiro atoms. The highest BCUT2D eigenvalue weighted by atomic mass is 19.1. The normalized spacial score (nSPS) is 16.9. The molecule has 1 heterocycles. The molecule has 1 aliphatic heterocycles. The average molecular weight is 345 g/mol. The SMILES string of the molecule is C#CCN(Cc1ccc(F)cc1)C(=O)C1CCCN(C(=O)N(C)C)C1. The molecule has 0 aromatic heterocycles. The predicted molar refractivity (Wildman–Crippen MR) is 94.0 cm³/mol. The molecule has 25 heavy (non-hydrogen) atoms. The summed E-state index contributed by atoms with van der Waals surface area (Å²) in [5.41, 5.74) is 0.821. The van der Waals surface area contributed by atoms with Crippen LogP contribution in [0.15, 0.2) is 24.3 Å². The number of likely N-dealkylation sites (tertiary alicyclic amines) is 1. The standard InChI is InChI=1S/C19H24FN3O2/c1-4-11-22(13-15-7-9-17(20)10-8-15)18(24)16-6-5-12-23(14-16)19(25)21(2)3/h1,7-10,16H,5-6,11-14H2,2-3H3. The minimum atomic E-state index is -0.316. The lowest BCUT2D eigenvalue weighted by Gasteiger charge is -2.35. The van der Waals surface area contributed by atoms with Crippen molar-refractivity contribution in [3.63, 3.8) is 0 Å². The minimum absolute atomic E-state index is 0.0569. The van der Waals surface area contributed by atoms with E-state index in [-0.39, 0.29) is 30.2 Å². The van der Waals surface area contributed by atoms with Gasteiger partial charge in [0.2, 0.25) is 5.91 Å². The Morgan fingerprint density at radius 3 is 2.60 bits per heavy atom. The van der Waals surface area contributed by atoms with Crippen molar-refractivity contribution in [3.05, 3.63) is 35.6 Å². The Morgan fingerprint density at radius 2 is 2.00 bits per heavy atom. The molecule has 1 unspecified atom stereocenters. The van der Waals surface area contributed by atoms with E-state index in [1.165, 1.54) is 17.0 Å². The zero-order chi connectivity index (χ0) is 18.4. The van der Waals surface area contributed by atoms with Crippen molar-refractivity contribution >= 4 is 11.9 Å². The van der Waals surface area contributed by atoms with Crippen molar-refractivity contribution in [1.29, 1.82) is 0 Å². The van der Waals surface area contributed by atoms with Gasteiger partial charge in [0, 0.05) is 33.7 Å². The molecule has 0 saturated carbocycles. The second-order valence-electron chi connectivity index (χ2n) is 6.49. The molecule has 0 bridgehead atoms. The van der Waals surface area contributed by atoms with E-state index < -0.39 is 0 Å². The number of urea groups is 1. The number of hydrogen-bond acceptors (Lipinski definition) is 2. The molecular formula is C19H24FN3O2. The van der Waals surface area contributed by atoms with Crippen LogP contribution in [-0.2, 0) is 11.3 Å². The van der Waals surface area contributed by atoms with E-state index >= 15 is 0 Å². The maximum absolute atomic E-state index is 13.1. The smallest absolute Gasteiger partial charge is 0.319 e. The molecule has 5 nitrogen and oxygen atoms in total. The fraction of sp³-hybridized carbons (Fsp3) is 0.474. The summed E-state index contributed by atoms with van der Waals surface area (Å²) in [5.74, 6) is 1.88. The maximum atomic E-state index is 13.1. The summed E-state index contributed by atoms with van der Waals surface area (Å²) in [6, 6.07) is 5.95. The summed E-state index contributed by atoms with van der Waals surface area (Å²) in [6.07, 6.45) is 6.94. The van der Waals surface area contributed by atoms with Crippen LogP contribution in [0.1, 0.15) is 18.4 Å². The number of halogens is 1. The van der Waals surface area contributed by atoms with Gasteiger partial charge in [-0.3, -0.25) is 4.79 Å². The van der Waals surface area contributed by atoms with Crippen LogP contribution in [0.25, 0.3) is 0 Å². The summed E-state index contributed by atoms with van der Waals surface area (Å²) in [5, 5.41) is 0. The summed E-state index contributed by atoms with van der Waals surface area (Å²) in [6.45, 7) is 1.59. The van der Waals surface area contributed by atoms with Gasteiger partial charge < -0.3 is 14.7 Å². The number of carbonyl (C=O) groups excluding carboxylic acids is 2. The monoisotopic (exact) mass is 345 g/mol. The third kappa shape index (κ3) is 4.96. The summed E-state index contributed by atoms with van der Waals surface area (Å²) < 4.78 is 13.1. The minimum Gasteiger partial charge on any atom is -0.331 e. The maximum Gasteiger partial charge on any atom is 0.319 e. The fourth-order valence-electron chi connectivity index (χ4n) is 3.03. The topological polar surface area (TPSA) is 43.9 Å².